The van der Waals surface area contributed by atoms with Gasteiger partial charge in [0.2, 0.25) is 0 Å². The SMILES string of the molecule is CCCCCCCCCCCCCCCCOCCOc1ccc(C=O)cc1. The van der Waals surface area contributed by atoms with E-state index < -0.39 is 0 Å². The average molecular weight is 391 g/mol. The van der Waals surface area contributed by atoms with Gasteiger partial charge in [-0.1, -0.05) is 90.4 Å². The first-order valence-electron chi connectivity index (χ1n) is 11.6. The number of hydrogen-bond acceptors (Lipinski definition) is 3. The van der Waals surface area contributed by atoms with Crippen LogP contribution in [0.15, 0.2) is 24.3 Å². The van der Waals surface area contributed by atoms with Crippen molar-refractivity contribution in [2.24, 2.45) is 0 Å². The summed E-state index contributed by atoms with van der Waals surface area (Å²) in [7, 11) is 0. The van der Waals surface area contributed by atoms with Crippen LogP contribution in [0.4, 0.5) is 0 Å². The van der Waals surface area contributed by atoms with Gasteiger partial charge in [-0.25, -0.2) is 0 Å². The maximum absolute atomic E-state index is 10.6. The first-order chi connectivity index (χ1) is 13.9. The van der Waals surface area contributed by atoms with Crippen molar-refractivity contribution < 1.29 is 14.3 Å². The number of benzene rings is 1. The molecule has 160 valence electrons. The van der Waals surface area contributed by atoms with Crippen LogP contribution in [0.5, 0.6) is 5.75 Å². The van der Waals surface area contributed by atoms with Gasteiger partial charge < -0.3 is 9.47 Å². The fraction of sp³-hybridized carbons (Fsp3) is 0.720. The fourth-order valence-electron chi connectivity index (χ4n) is 3.36. The second kappa shape index (κ2) is 19.0. The number of carbonyl (C=O) groups excluding carboxylic acids is 1. The molecule has 0 heterocycles. The van der Waals surface area contributed by atoms with Crippen LogP contribution in [0, 0.1) is 0 Å². The number of carbonyl (C=O) groups is 1. The van der Waals surface area contributed by atoms with E-state index >= 15 is 0 Å². The zero-order valence-electron chi connectivity index (χ0n) is 18.1. The van der Waals surface area contributed by atoms with Gasteiger partial charge in [0, 0.05) is 12.2 Å². The monoisotopic (exact) mass is 390 g/mol. The van der Waals surface area contributed by atoms with E-state index in [0.717, 1.165) is 25.1 Å². The minimum atomic E-state index is 0.555. The third kappa shape index (κ3) is 14.7. The van der Waals surface area contributed by atoms with Crippen LogP contribution in [-0.4, -0.2) is 26.1 Å². The topological polar surface area (TPSA) is 35.5 Å². The first kappa shape index (κ1) is 24.7. The predicted molar refractivity (Wildman–Crippen MR) is 118 cm³/mol. The molecule has 3 nitrogen and oxygen atoms in total. The second-order valence-electron chi connectivity index (χ2n) is 7.74. The van der Waals surface area contributed by atoms with E-state index in [1.54, 1.807) is 12.1 Å². The summed E-state index contributed by atoms with van der Waals surface area (Å²) in [5.41, 5.74) is 0.668. The molecule has 3 heteroatoms. The number of ether oxygens (including phenoxy) is 2. The molecule has 0 N–H and O–H groups in total. The molecule has 0 aromatic heterocycles. The maximum atomic E-state index is 10.6. The Kier molecular flexibility index (Phi) is 16.7. The molecule has 0 amide bonds. The zero-order valence-corrected chi connectivity index (χ0v) is 18.1. The highest BCUT2D eigenvalue weighted by Gasteiger charge is 1.96. The quantitative estimate of drug-likeness (QED) is 0.172. The minimum absolute atomic E-state index is 0.555. The smallest absolute Gasteiger partial charge is 0.150 e. The normalized spacial score (nSPS) is 10.9. The molecule has 1 aromatic carbocycles. The van der Waals surface area contributed by atoms with Crippen LogP contribution in [0.2, 0.25) is 0 Å². The molecule has 0 aliphatic heterocycles. The predicted octanol–water partition coefficient (Wildman–Crippen LogP) is 7.38. The highest BCUT2D eigenvalue weighted by molar-refractivity contribution is 5.74. The van der Waals surface area contributed by atoms with E-state index in [1.807, 2.05) is 12.1 Å². The Morgan fingerprint density at radius 2 is 1.14 bits per heavy atom. The second-order valence-corrected chi connectivity index (χ2v) is 7.74. The molecule has 0 radical (unpaired) electrons. The molecular weight excluding hydrogens is 348 g/mol. The molecule has 0 fully saturated rings. The summed E-state index contributed by atoms with van der Waals surface area (Å²) in [4.78, 5) is 10.6. The lowest BCUT2D eigenvalue weighted by Gasteiger charge is -2.07. The van der Waals surface area contributed by atoms with Crippen molar-refractivity contribution in [1.82, 2.24) is 0 Å². The summed E-state index contributed by atoms with van der Waals surface area (Å²) in [6.07, 6.45) is 20.1. The van der Waals surface area contributed by atoms with Crippen molar-refractivity contribution in [3.63, 3.8) is 0 Å². The number of rotatable bonds is 20. The van der Waals surface area contributed by atoms with E-state index in [0.29, 0.717) is 18.8 Å². The Bertz CT molecular complexity index is 455. The van der Waals surface area contributed by atoms with Gasteiger partial charge in [-0.3, -0.25) is 4.79 Å². The third-order valence-electron chi connectivity index (χ3n) is 5.15. The lowest BCUT2D eigenvalue weighted by Crippen LogP contribution is -2.07. The summed E-state index contributed by atoms with van der Waals surface area (Å²) in [5.74, 6) is 0.783. The molecule has 0 atom stereocenters. The summed E-state index contributed by atoms with van der Waals surface area (Å²) in [6, 6.07) is 7.16. The number of unbranched alkanes of at least 4 members (excludes halogenated alkanes) is 13. The lowest BCUT2D eigenvalue weighted by atomic mass is 10.0. The molecule has 28 heavy (non-hydrogen) atoms. The molecule has 1 rings (SSSR count). The van der Waals surface area contributed by atoms with Crippen molar-refractivity contribution in [3.05, 3.63) is 29.8 Å². The zero-order chi connectivity index (χ0) is 20.1. The Morgan fingerprint density at radius 1 is 0.643 bits per heavy atom. The molecule has 0 aliphatic carbocycles. The summed E-state index contributed by atoms with van der Waals surface area (Å²) in [6.45, 7) is 4.28. The summed E-state index contributed by atoms with van der Waals surface area (Å²) >= 11 is 0. The number of hydrogen-bond donors (Lipinski definition) is 0. The standard InChI is InChI=1S/C25H42O3/c1-2-3-4-5-6-7-8-9-10-11-12-13-14-15-20-27-21-22-28-25-18-16-24(23-26)17-19-25/h16-19,23H,2-15,20-22H2,1H3. The highest BCUT2D eigenvalue weighted by Crippen LogP contribution is 2.13. The Labute approximate surface area is 173 Å². The molecular formula is C25H42O3. The van der Waals surface area contributed by atoms with Crippen LogP contribution in [0.25, 0.3) is 0 Å². The van der Waals surface area contributed by atoms with Crippen molar-refractivity contribution >= 4 is 6.29 Å². The molecule has 0 spiro atoms. The Balaban J connectivity index is 1.74. The van der Waals surface area contributed by atoms with Gasteiger partial charge in [-0.2, -0.15) is 0 Å². The van der Waals surface area contributed by atoms with Crippen LogP contribution in [-0.2, 0) is 4.74 Å². The highest BCUT2D eigenvalue weighted by atomic mass is 16.5. The van der Waals surface area contributed by atoms with Crippen LogP contribution >= 0.6 is 0 Å². The number of aldehydes is 1. The van der Waals surface area contributed by atoms with Gasteiger partial charge in [0.05, 0.1) is 6.61 Å². The van der Waals surface area contributed by atoms with Crippen molar-refractivity contribution in [2.45, 2.75) is 96.8 Å². The molecule has 0 saturated heterocycles. The molecule has 0 saturated carbocycles. The largest absolute Gasteiger partial charge is 0.491 e. The van der Waals surface area contributed by atoms with E-state index in [4.69, 9.17) is 9.47 Å². The van der Waals surface area contributed by atoms with E-state index in [1.165, 1.54) is 83.5 Å². The fourth-order valence-corrected chi connectivity index (χ4v) is 3.36. The molecule has 0 aliphatic rings. The minimum Gasteiger partial charge on any atom is -0.491 e. The van der Waals surface area contributed by atoms with Crippen molar-refractivity contribution in [3.8, 4) is 5.75 Å². The molecule has 0 unspecified atom stereocenters. The average Bonchev–Trinajstić information content (AvgIpc) is 2.73. The van der Waals surface area contributed by atoms with Gasteiger partial charge in [-0.15, -0.1) is 0 Å². The Hall–Kier alpha value is -1.35. The van der Waals surface area contributed by atoms with E-state index in [2.05, 4.69) is 6.92 Å². The van der Waals surface area contributed by atoms with Gasteiger partial charge in [0.25, 0.3) is 0 Å². The van der Waals surface area contributed by atoms with Gasteiger partial charge in [0.15, 0.2) is 0 Å². The molecule has 0 bridgehead atoms. The van der Waals surface area contributed by atoms with Gasteiger partial charge in [-0.05, 0) is 30.7 Å². The van der Waals surface area contributed by atoms with Crippen LogP contribution in [0.1, 0.15) is 107 Å². The Morgan fingerprint density at radius 3 is 1.64 bits per heavy atom. The molecule has 1 aromatic rings. The van der Waals surface area contributed by atoms with Crippen molar-refractivity contribution in [2.75, 3.05) is 19.8 Å². The maximum Gasteiger partial charge on any atom is 0.150 e. The third-order valence-corrected chi connectivity index (χ3v) is 5.15. The first-order valence-corrected chi connectivity index (χ1v) is 11.6. The van der Waals surface area contributed by atoms with Gasteiger partial charge in [0.1, 0.15) is 18.6 Å². The van der Waals surface area contributed by atoms with Crippen LogP contribution in [0.3, 0.4) is 0 Å². The van der Waals surface area contributed by atoms with E-state index in [-0.39, 0.29) is 0 Å². The van der Waals surface area contributed by atoms with Crippen molar-refractivity contribution in [1.29, 1.82) is 0 Å². The van der Waals surface area contributed by atoms with Gasteiger partial charge >= 0.3 is 0 Å². The summed E-state index contributed by atoms with van der Waals surface area (Å²) in [5, 5.41) is 0. The van der Waals surface area contributed by atoms with E-state index in [9.17, 15) is 4.79 Å². The summed E-state index contributed by atoms with van der Waals surface area (Å²) < 4.78 is 11.2. The lowest BCUT2D eigenvalue weighted by molar-refractivity contribution is 0.0970. The van der Waals surface area contributed by atoms with Crippen LogP contribution < -0.4 is 4.74 Å².